The van der Waals surface area contributed by atoms with E-state index >= 15 is 0 Å². The third-order valence-corrected chi connectivity index (χ3v) is 3.45. The van der Waals surface area contributed by atoms with Gasteiger partial charge < -0.3 is 18.8 Å². The highest BCUT2D eigenvalue weighted by atomic mass is 16.5. The maximum absolute atomic E-state index is 12.0. The molecule has 2 aromatic rings. The number of anilines is 1. The van der Waals surface area contributed by atoms with Crippen LogP contribution in [-0.4, -0.2) is 55.6 Å². The molecule has 0 aliphatic rings. The van der Waals surface area contributed by atoms with Crippen molar-refractivity contribution >= 4 is 22.9 Å². The molecule has 132 valence electrons. The second-order valence-electron chi connectivity index (χ2n) is 5.22. The van der Waals surface area contributed by atoms with Crippen molar-refractivity contribution in [2.75, 3.05) is 45.5 Å². The number of hydrogen-bond donors (Lipinski definition) is 1. The lowest BCUT2D eigenvalue weighted by molar-refractivity contribution is -0.121. The molecule has 0 aliphatic heterocycles. The van der Waals surface area contributed by atoms with Gasteiger partial charge in [0.05, 0.1) is 24.2 Å². The van der Waals surface area contributed by atoms with Gasteiger partial charge in [0.15, 0.2) is 0 Å². The number of imidazole rings is 1. The zero-order chi connectivity index (χ0) is 17.2. The Kier molecular flexibility index (Phi) is 7.67. The third kappa shape index (κ3) is 5.30. The van der Waals surface area contributed by atoms with Crippen molar-refractivity contribution in [3.63, 3.8) is 0 Å². The van der Waals surface area contributed by atoms with Gasteiger partial charge in [0.1, 0.15) is 6.61 Å². The van der Waals surface area contributed by atoms with E-state index in [0.29, 0.717) is 32.4 Å². The van der Waals surface area contributed by atoms with Gasteiger partial charge in [-0.25, -0.2) is 4.98 Å². The molecule has 0 aliphatic carbocycles. The lowest BCUT2D eigenvalue weighted by Crippen LogP contribution is -2.22. The summed E-state index contributed by atoms with van der Waals surface area (Å²) >= 11 is 0. The number of nitrogens with one attached hydrogen (secondary N) is 1. The van der Waals surface area contributed by atoms with Crippen LogP contribution in [0.3, 0.4) is 0 Å². The number of ether oxygens (including phenoxy) is 3. The van der Waals surface area contributed by atoms with Crippen molar-refractivity contribution in [3.05, 3.63) is 24.3 Å². The maximum Gasteiger partial charge on any atom is 0.252 e. The number of carbonyl (C=O) groups is 1. The molecule has 0 unspecified atom stereocenters. The van der Waals surface area contributed by atoms with Gasteiger partial charge in [0, 0.05) is 26.9 Å². The predicted molar refractivity (Wildman–Crippen MR) is 92.2 cm³/mol. The second kappa shape index (κ2) is 10.0. The molecular formula is C17H25N3O4. The van der Waals surface area contributed by atoms with Crippen LogP contribution in [0, 0.1) is 0 Å². The molecule has 0 radical (unpaired) electrons. The Morgan fingerprint density at radius 1 is 1.21 bits per heavy atom. The summed E-state index contributed by atoms with van der Waals surface area (Å²) in [7, 11) is 1.59. The van der Waals surface area contributed by atoms with E-state index in [-0.39, 0.29) is 12.5 Å². The van der Waals surface area contributed by atoms with Crippen LogP contribution in [0.25, 0.3) is 11.0 Å². The molecule has 0 spiro atoms. The molecule has 0 saturated carbocycles. The molecule has 0 atom stereocenters. The molecule has 1 heterocycles. The number of methoxy groups -OCH3 is 1. The van der Waals surface area contributed by atoms with Crippen LogP contribution in [0.4, 0.5) is 5.95 Å². The number of fused-ring (bicyclic) bond motifs is 1. The fourth-order valence-corrected chi connectivity index (χ4v) is 2.33. The summed E-state index contributed by atoms with van der Waals surface area (Å²) in [5.41, 5.74) is 1.84. The number of hydrogen-bond acceptors (Lipinski definition) is 5. The van der Waals surface area contributed by atoms with Crippen LogP contribution in [0.5, 0.6) is 0 Å². The summed E-state index contributed by atoms with van der Waals surface area (Å²) in [5.74, 6) is 0.306. The predicted octanol–water partition coefficient (Wildman–Crippen LogP) is 2.06. The fourth-order valence-electron chi connectivity index (χ4n) is 2.33. The Balaban J connectivity index is 2.03. The molecule has 7 nitrogen and oxygen atoms in total. The first-order chi connectivity index (χ1) is 11.8. The van der Waals surface area contributed by atoms with E-state index < -0.39 is 0 Å². The van der Waals surface area contributed by atoms with Crippen LogP contribution in [-0.2, 0) is 25.5 Å². The maximum atomic E-state index is 12.0. The zero-order valence-corrected chi connectivity index (χ0v) is 14.3. The van der Waals surface area contributed by atoms with Crippen LogP contribution < -0.4 is 5.32 Å². The Hall–Kier alpha value is -1.96. The van der Waals surface area contributed by atoms with E-state index in [4.69, 9.17) is 14.2 Å². The summed E-state index contributed by atoms with van der Waals surface area (Å²) in [6.07, 6.45) is 0.849. The SMILES string of the molecule is CCOCCCn1c(NC(=O)COCCOC)nc2ccccc21. The summed E-state index contributed by atoms with van der Waals surface area (Å²) in [6, 6.07) is 7.81. The average molecular weight is 335 g/mol. The molecule has 0 saturated heterocycles. The van der Waals surface area contributed by atoms with Gasteiger partial charge in [-0.15, -0.1) is 0 Å². The highest BCUT2D eigenvalue weighted by Gasteiger charge is 2.13. The molecule has 1 aromatic carbocycles. The minimum absolute atomic E-state index is 0.0223. The number of aromatic nitrogens is 2. The minimum Gasteiger partial charge on any atom is -0.382 e. The average Bonchev–Trinajstić information content (AvgIpc) is 2.93. The third-order valence-electron chi connectivity index (χ3n) is 3.45. The van der Waals surface area contributed by atoms with Crippen LogP contribution in [0.2, 0.25) is 0 Å². The standard InChI is InChI=1S/C17H25N3O4/c1-3-23-10-6-9-20-15-8-5-4-7-14(15)18-17(20)19-16(21)13-24-12-11-22-2/h4-5,7-8H,3,6,9-13H2,1-2H3,(H,18,19,21). The van der Waals surface area contributed by atoms with Crippen LogP contribution >= 0.6 is 0 Å². The number of aryl methyl sites for hydroxylation is 1. The summed E-state index contributed by atoms with van der Waals surface area (Å²) in [5, 5.41) is 2.82. The van der Waals surface area contributed by atoms with Gasteiger partial charge >= 0.3 is 0 Å². The monoisotopic (exact) mass is 335 g/mol. The Morgan fingerprint density at radius 2 is 2.04 bits per heavy atom. The van der Waals surface area contributed by atoms with Gasteiger partial charge in [0.25, 0.3) is 5.91 Å². The highest BCUT2D eigenvalue weighted by Crippen LogP contribution is 2.20. The molecule has 1 aromatic heterocycles. The Labute approximate surface area is 141 Å². The molecule has 1 amide bonds. The van der Waals surface area contributed by atoms with Crippen molar-refractivity contribution in [3.8, 4) is 0 Å². The molecule has 1 N–H and O–H groups in total. The minimum atomic E-state index is -0.229. The summed E-state index contributed by atoms with van der Waals surface area (Å²) < 4.78 is 17.5. The number of amides is 1. The first-order valence-corrected chi connectivity index (χ1v) is 8.15. The number of carbonyl (C=O) groups excluding carboxylic acids is 1. The van der Waals surface area contributed by atoms with E-state index in [1.54, 1.807) is 7.11 Å². The quantitative estimate of drug-likeness (QED) is 0.636. The van der Waals surface area contributed by atoms with E-state index in [1.807, 2.05) is 35.8 Å². The van der Waals surface area contributed by atoms with E-state index in [0.717, 1.165) is 24.0 Å². The largest absolute Gasteiger partial charge is 0.382 e. The lowest BCUT2D eigenvalue weighted by Gasteiger charge is -2.10. The van der Waals surface area contributed by atoms with E-state index in [9.17, 15) is 4.79 Å². The van der Waals surface area contributed by atoms with Crippen molar-refractivity contribution in [2.24, 2.45) is 0 Å². The topological polar surface area (TPSA) is 74.6 Å². The highest BCUT2D eigenvalue weighted by molar-refractivity contribution is 5.92. The second-order valence-corrected chi connectivity index (χ2v) is 5.22. The molecular weight excluding hydrogens is 310 g/mol. The van der Waals surface area contributed by atoms with Crippen LogP contribution in [0.1, 0.15) is 13.3 Å². The summed E-state index contributed by atoms with van der Waals surface area (Å²) in [6.45, 7) is 4.90. The Bertz CT molecular complexity index is 642. The molecule has 2 rings (SSSR count). The molecule has 7 heteroatoms. The Morgan fingerprint density at radius 3 is 2.83 bits per heavy atom. The van der Waals surface area contributed by atoms with Crippen molar-refractivity contribution < 1.29 is 19.0 Å². The zero-order valence-electron chi connectivity index (χ0n) is 14.3. The van der Waals surface area contributed by atoms with Crippen LogP contribution in [0.15, 0.2) is 24.3 Å². The van der Waals surface area contributed by atoms with Crippen molar-refractivity contribution in [2.45, 2.75) is 19.9 Å². The first kappa shape index (κ1) is 18.4. The number of benzene rings is 1. The van der Waals surface area contributed by atoms with E-state index in [2.05, 4.69) is 10.3 Å². The first-order valence-electron chi connectivity index (χ1n) is 8.15. The summed E-state index contributed by atoms with van der Waals surface area (Å²) in [4.78, 5) is 16.5. The molecule has 0 fully saturated rings. The van der Waals surface area contributed by atoms with Gasteiger partial charge in [-0.3, -0.25) is 10.1 Å². The number of nitrogens with zero attached hydrogens (tertiary/aromatic N) is 2. The normalized spacial score (nSPS) is 11.1. The van der Waals surface area contributed by atoms with E-state index in [1.165, 1.54) is 0 Å². The number of para-hydroxylation sites is 2. The lowest BCUT2D eigenvalue weighted by atomic mass is 10.3. The van der Waals surface area contributed by atoms with Gasteiger partial charge in [-0.2, -0.15) is 0 Å². The van der Waals surface area contributed by atoms with Gasteiger partial charge in [-0.1, -0.05) is 12.1 Å². The fraction of sp³-hybridized carbons (Fsp3) is 0.529. The van der Waals surface area contributed by atoms with Crippen molar-refractivity contribution in [1.29, 1.82) is 0 Å². The van der Waals surface area contributed by atoms with Gasteiger partial charge in [0.2, 0.25) is 5.95 Å². The molecule has 0 bridgehead atoms. The number of rotatable bonds is 11. The van der Waals surface area contributed by atoms with Crippen molar-refractivity contribution in [1.82, 2.24) is 9.55 Å². The smallest absolute Gasteiger partial charge is 0.252 e. The molecule has 24 heavy (non-hydrogen) atoms. The van der Waals surface area contributed by atoms with Gasteiger partial charge in [-0.05, 0) is 25.5 Å².